The van der Waals surface area contributed by atoms with Crippen LogP contribution < -0.4 is 0 Å². The molecule has 0 amide bonds. The molecule has 0 aliphatic carbocycles. The highest BCUT2D eigenvalue weighted by atomic mass is 16.5. The first-order chi connectivity index (χ1) is 7.76. The summed E-state index contributed by atoms with van der Waals surface area (Å²) >= 11 is 0. The number of unbranched alkanes of at least 4 members (excludes halogenated alkanes) is 2. The number of hydrogen-bond acceptors (Lipinski definition) is 2. The lowest BCUT2D eigenvalue weighted by Crippen LogP contribution is -2.05. The van der Waals surface area contributed by atoms with Gasteiger partial charge < -0.3 is 9.84 Å². The molecule has 100 valence electrons. The molecule has 1 N–H and O–H groups in total. The van der Waals surface area contributed by atoms with Crippen LogP contribution in [-0.4, -0.2) is 24.9 Å². The number of rotatable bonds is 9. The number of hydrogen-bond donors (Lipinski definition) is 1. The van der Waals surface area contributed by atoms with Crippen LogP contribution >= 0.6 is 0 Å². The van der Waals surface area contributed by atoms with Crippen molar-refractivity contribution >= 4 is 0 Å². The lowest BCUT2D eigenvalue weighted by Gasteiger charge is -2.11. The van der Waals surface area contributed by atoms with Gasteiger partial charge in [-0.3, -0.25) is 0 Å². The van der Waals surface area contributed by atoms with Crippen LogP contribution in [-0.2, 0) is 4.74 Å². The maximum atomic E-state index is 8.96. The van der Waals surface area contributed by atoms with E-state index in [2.05, 4.69) is 13.8 Å². The van der Waals surface area contributed by atoms with Crippen LogP contribution in [0.4, 0.5) is 0 Å². The summed E-state index contributed by atoms with van der Waals surface area (Å²) < 4.78 is 4.83. The maximum Gasteiger partial charge on any atom is 0.0459 e. The highest BCUT2D eigenvalue weighted by molar-refractivity contribution is 4.56. The van der Waals surface area contributed by atoms with Crippen molar-refractivity contribution in [2.24, 2.45) is 5.92 Å². The Morgan fingerprint density at radius 3 is 1.81 bits per heavy atom. The van der Waals surface area contributed by atoms with Gasteiger partial charge in [-0.2, -0.15) is 0 Å². The molecule has 0 rings (SSSR count). The van der Waals surface area contributed by atoms with Gasteiger partial charge in [0.25, 0.3) is 0 Å². The Kier molecular flexibility index (Phi) is 19.8. The average molecular weight is 232 g/mol. The van der Waals surface area contributed by atoms with Crippen LogP contribution in [0.1, 0.15) is 66.2 Å². The van der Waals surface area contributed by atoms with Crippen LogP contribution in [0.25, 0.3) is 0 Å². The first-order valence-electron chi connectivity index (χ1n) is 6.95. The van der Waals surface area contributed by atoms with Crippen molar-refractivity contribution in [2.45, 2.75) is 66.2 Å². The van der Waals surface area contributed by atoms with E-state index < -0.39 is 0 Å². The lowest BCUT2D eigenvalue weighted by molar-refractivity contribution is 0.162. The Morgan fingerprint density at radius 1 is 0.875 bits per heavy atom. The fraction of sp³-hybridized carbons (Fsp3) is 1.00. The van der Waals surface area contributed by atoms with Crippen molar-refractivity contribution in [3.63, 3.8) is 0 Å². The normalized spacial score (nSPS) is 11.8. The number of aliphatic hydroxyl groups excluding tert-OH is 1. The molecule has 0 spiro atoms. The van der Waals surface area contributed by atoms with Gasteiger partial charge in [0, 0.05) is 19.8 Å². The molecule has 0 saturated carbocycles. The van der Waals surface area contributed by atoms with Gasteiger partial charge in [0.2, 0.25) is 0 Å². The summed E-state index contributed by atoms with van der Waals surface area (Å²) in [5.74, 6) is 0.576. The molecule has 2 nitrogen and oxygen atoms in total. The first-order valence-corrected chi connectivity index (χ1v) is 6.95. The van der Waals surface area contributed by atoms with E-state index in [-0.39, 0.29) is 0 Å². The Labute approximate surface area is 102 Å². The second-order valence-corrected chi connectivity index (χ2v) is 4.11. The third kappa shape index (κ3) is 16.4. The SMILES string of the molecule is CCCCCC(CO)CCC.CCOCC. The van der Waals surface area contributed by atoms with Crippen LogP contribution in [0.2, 0.25) is 0 Å². The maximum absolute atomic E-state index is 8.96. The highest BCUT2D eigenvalue weighted by Gasteiger charge is 2.04. The molecular formula is C14H32O2. The van der Waals surface area contributed by atoms with Gasteiger partial charge in [0.1, 0.15) is 0 Å². The molecule has 0 aromatic heterocycles. The summed E-state index contributed by atoms with van der Waals surface area (Å²) in [5.41, 5.74) is 0. The van der Waals surface area contributed by atoms with Gasteiger partial charge in [-0.05, 0) is 32.6 Å². The Bertz CT molecular complexity index is 103. The Balaban J connectivity index is 0. The molecule has 0 heterocycles. The Morgan fingerprint density at radius 2 is 1.50 bits per heavy atom. The zero-order valence-electron chi connectivity index (χ0n) is 11.8. The predicted octanol–water partition coefficient (Wildman–Crippen LogP) is 4.02. The molecule has 0 saturated heterocycles. The largest absolute Gasteiger partial charge is 0.396 e. The van der Waals surface area contributed by atoms with Gasteiger partial charge in [0.05, 0.1) is 0 Å². The van der Waals surface area contributed by atoms with Crippen LogP contribution in [0, 0.1) is 5.92 Å². The zero-order valence-corrected chi connectivity index (χ0v) is 11.8. The van der Waals surface area contributed by atoms with E-state index in [1.807, 2.05) is 13.8 Å². The van der Waals surface area contributed by atoms with Crippen molar-refractivity contribution in [3.8, 4) is 0 Å². The van der Waals surface area contributed by atoms with Crippen molar-refractivity contribution in [3.05, 3.63) is 0 Å². The predicted molar refractivity (Wildman–Crippen MR) is 71.8 cm³/mol. The molecule has 0 aromatic carbocycles. The molecule has 1 unspecified atom stereocenters. The van der Waals surface area contributed by atoms with E-state index in [1.165, 1.54) is 38.5 Å². The molecule has 1 atom stereocenters. The van der Waals surface area contributed by atoms with Gasteiger partial charge >= 0.3 is 0 Å². The van der Waals surface area contributed by atoms with E-state index in [4.69, 9.17) is 9.84 Å². The summed E-state index contributed by atoms with van der Waals surface area (Å²) in [5, 5.41) is 8.96. The minimum atomic E-state index is 0.386. The first kappa shape index (κ1) is 18.3. The lowest BCUT2D eigenvalue weighted by atomic mass is 9.98. The third-order valence-electron chi connectivity index (χ3n) is 2.58. The van der Waals surface area contributed by atoms with Gasteiger partial charge in [0.15, 0.2) is 0 Å². The molecule has 0 fully saturated rings. The van der Waals surface area contributed by atoms with Crippen molar-refractivity contribution < 1.29 is 9.84 Å². The zero-order chi connectivity index (χ0) is 12.6. The average Bonchev–Trinajstić information content (AvgIpc) is 2.30. The quantitative estimate of drug-likeness (QED) is 0.608. The molecular weight excluding hydrogens is 200 g/mol. The minimum absolute atomic E-state index is 0.386. The molecule has 0 aliphatic rings. The molecule has 0 bridgehead atoms. The highest BCUT2D eigenvalue weighted by Crippen LogP contribution is 2.14. The number of ether oxygens (including phenoxy) is 1. The molecule has 2 heteroatoms. The second-order valence-electron chi connectivity index (χ2n) is 4.11. The topological polar surface area (TPSA) is 29.5 Å². The summed E-state index contributed by atoms with van der Waals surface area (Å²) in [4.78, 5) is 0. The molecule has 0 aliphatic heterocycles. The fourth-order valence-corrected chi connectivity index (χ4v) is 1.62. The smallest absolute Gasteiger partial charge is 0.0459 e. The van der Waals surface area contributed by atoms with Gasteiger partial charge in [-0.15, -0.1) is 0 Å². The summed E-state index contributed by atoms with van der Waals surface area (Å²) in [6.07, 6.45) is 7.52. The minimum Gasteiger partial charge on any atom is -0.396 e. The molecule has 0 aromatic rings. The Hall–Kier alpha value is -0.0800. The number of aliphatic hydroxyl groups is 1. The second kappa shape index (κ2) is 17.3. The van der Waals surface area contributed by atoms with E-state index in [1.54, 1.807) is 0 Å². The van der Waals surface area contributed by atoms with Gasteiger partial charge in [-0.25, -0.2) is 0 Å². The fourth-order valence-electron chi connectivity index (χ4n) is 1.62. The van der Waals surface area contributed by atoms with Crippen LogP contribution in [0.15, 0.2) is 0 Å². The summed E-state index contributed by atoms with van der Waals surface area (Å²) in [6.45, 7) is 10.5. The van der Waals surface area contributed by atoms with Crippen molar-refractivity contribution in [1.82, 2.24) is 0 Å². The summed E-state index contributed by atoms with van der Waals surface area (Å²) in [7, 11) is 0. The molecule has 0 radical (unpaired) electrons. The monoisotopic (exact) mass is 232 g/mol. The van der Waals surface area contributed by atoms with Crippen LogP contribution in [0.3, 0.4) is 0 Å². The van der Waals surface area contributed by atoms with Crippen LogP contribution in [0.5, 0.6) is 0 Å². The summed E-state index contributed by atoms with van der Waals surface area (Å²) in [6, 6.07) is 0. The third-order valence-corrected chi connectivity index (χ3v) is 2.58. The van der Waals surface area contributed by atoms with E-state index >= 15 is 0 Å². The molecule has 16 heavy (non-hydrogen) atoms. The van der Waals surface area contributed by atoms with Crippen molar-refractivity contribution in [1.29, 1.82) is 0 Å². The van der Waals surface area contributed by atoms with E-state index in [0.29, 0.717) is 12.5 Å². The van der Waals surface area contributed by atoms with Crippen molar-refractivity contribution in [2.75, 3.05) is 19.8 Å². The van der Waals surface area contributed by atoms with Gasteiger partial charge in [-0.1, -0.05) is 39.5 Å². The van der Waals surface area contributed by atoms with E-state index in [0.717, 1.165) is 13.2 Å². The standard InChI is InChI=1S/C10H22O.C4H10O/c1-3-5-6-8-10(9-11)7-4-2;1-3-5-4-2/h10-11H,3-9H2,1-2H3;3-4H2,1-2H3. The van der Waals surface area contributed by atoms with E-state index in [9.17, 15) is 0 Å².